The molecule has 3 heteroatoms. The fourth-order valence-corrected chi connectivity index (χ4v) is 2.56. The van der Waals surface area contributed by atoms with Crippen LogP contribution in [0.1, 0.15) is 29.5 Å². The van der Waals surface area contributed by atoms with Crippen molar-refractivity contribution >= 4 is 11.6 Å². The quantitative estimate of drug-likeness (QED) is 0.708. The van der Waals surface area contributed by atoms with Gasteiger partial charge in [0.25, 0.3) is 5.91 Å². The van der Waals surface area contributed by atoms with Crippen LogP contribution in [0.4, 0.5) is 5.69 Å². The molecule has 0 aliphatic carbocycles. The van der Waals surface area contributed by atoms with Crippen molar-refractivity contribution in [2.24, 2.45) is 0 Å². The molecule has 0 saturated heterocycles. The number of hydrogen-bond acceptors (Lipinski definition) is 2. The van der Waals surface area contributed by atoms with Crippen molar-refractivity contribution in [2.45, 2.75) is 19.8 Å². The van der Waals surface area contributed by atoms with Gasteiger partial charge in [0.2, 0.25) is 0 Å². The number of carbonyl (C=O) groups excluding carboxylic acids is 1. The van der Waals surface area contributed by atoms with Crippen LogP contribution in [0, 0.1) is 0 Å². The molecular weight excluding hydrogens is 286 g/mol. The lowest BCUT2D eigenvalue weighted by Crippen LogP contribution is -2.12. The molecule has 2 aromatic carbocycles. The smallest absolute Gasteiger partial charge is 0.292 e. The zero-order valence-electron chi connectivity index (χ0n) is 13.1. The number of nitrogens with one attached hydrogen (secondary N) is 1. The summed E-state index contributed by atoms with van der Waals surface area (Å²) in [6.45, 7) is 2.15. The van der Waals surface area contributed by atoms with Gasteiger partial charge in [-0.05, 0) is 35.7 Å². The van der Waals surface area contributed by atoms with E-state index in [1.807, 2.05) is 60.7 Å². The van der Waals surface area contributed by atoms with Crippen LogP contribution in [0.5, 0.6) is 0 Å². The van der Waals surface area contributed by atoms with Crippen molar-refractivity contribution in [1.29, 1.82) is 0 Å². The molecule has 0 atom stereocenters. The van der Waals surface area contributed by atoms with Gasteiger partial charge in [-0.1, -0.05) is 55.8 Å². The van der Waals surface area contributed by atoms with Crippen LogP contribution in [0.2, 0.25) is 0 Å². The molecule has 116 valence electrons. The molecule has 1 N–H and O–H groups in total. The molecule has 3 nitrogen and oxygen atoms in total. The maximum Gasteiger partial charge on any atom is 0.292 e. The van der Waals surface area contributed by atoms with Crippen LogP contribution in [0.3, 0.4) is 0 Å². The normalized spacial score (nSPS) is 10.5. The van der Waals surface area contributed by atoms with E-state index in [4.69, 9.17) is 4.42 Å². The van der Waals surface area contributed by atoms with Crippen LogP contribution < -0.4 is 5.32 Å². The van der Waals surface area contributed by atoms with Crippen molar-refractivity contribution in [1.82, 2.24) is 0 Å². The molecule has 1 heterocycles. The van der Waals surface area contributed by atoms with Crippen molar-refractivity contribution in [3.05, 3.63) is 78.3 Å². The third-order valence-electron chi connectivity index (χ3n) is 3.71. The first-order valence-corrected chi connectivity index (χ1v) is 7.81. The minimum atomic E-state index is -0.239. The van der Waals surface area contributed by atoms with Crippen LogP contribution in [0.15, 0.2) is 71.3 Å². The minimum Gasteiger partial charge on any atom is -0.459 e. The van der Waals surface area contributed by atoms with Crippen molar-refractivity contribution < 1.29 is 9.21 Å². The van der Waals surface area contributed by atoms with E-state index in [1.165, 1.54) is 5.56 Å². The monoisotopic (exact) mass is 305 g/mol. The maximum absolute atomic E-state index is 12.5. The number of rotatable bonds is 5. The highest BCUT2D eigenvalue weighted by Crippen LogP contribution is 2.25. The van der Waals surface area contributed by atoms with E-state index in [2.05, 4.69) is 12.2 Å². The SMILES string of the molecule is CCCc1ccc(NC(=O)c2occc2-c2ccccc2)cc1. The number of aryl methyl sites for hydroxylation is 1. The summed E-state index contributed by atoms with van der Waals surface area (Å²) in [7, 11) is 0. The Kier molecular flexibility index (Phi) is 4.57. The van der Waals surface area contributed by atoms with Crippen LogP contribution in [0.25, 0.3) is 11.1 Å². The molecule has 0 spiro atoms. The Labute approximate surface area is 136 Å². The maximum atomic E-state index is 12.5. The average Bonchev–Trinajstić information content (AvgIpc) is 3.07. The molecular formula is C20H19NO2. The van der Waals surface area contributed by atoms with Gasteiger partial charge in [-0.3, -0.25) is 4.79 Å². The summed E-state index contributed by atoms with van der Waals surface area (Å²) in [4.78, 5) is 12.5. The van der Waals surface area contributed by atoms with E-state index in [9.17, 15) is 4.79 Å². The molecule has 0 bridgehead atoms. The van der Waals surface area contributed by atoms with Crippen molar-refractivity contribution in [2.75, 3.05) is 5.32 Å². The van der Waals surface area contributed by atoms with Gasteiger partial charge in [0.15, 0.2) is 5.76 Å². The van der Waals surface area contributed by atoms with Gasteiger partial charge in [0.05, 0.1) is 6.26 Å². The molecule has 0 saturated carbocycles. The Morgan fingerprint density at radius 1 is 1.00 bits per heavy atom. The second-order valence-electron chi connectivity index (χ2n) is 5.43. The first-order chi connectivity index (χ1) is 11.3. The van der Waals surface area contributed by atoms with E-state index < -0.39 is 0 Å². The van der Waals surface area contributed by atoms with E-state index in [0.29, 0.717) is 5.76 Å². The largest absolute Gasteiger partial charge is 0.459 e. The lowest BCUT2D eigenvalue weighted by molar-refractivity contribution is 0.0997. The zero-order valence-corrected chi connectivity index (χ0v) is 13.1. The van der Waals surface area contributed by atoms with Crippen LogP contribution in [-0.4, -0.2) is 5.91 Å². The average molecular weight is 305 g/mol. The van der Waals surface area contributed by atoms with Gasteiger partial charge in [-0.25, -0.2) is 0 Å². The first-order valence-electron chi connectivity index (χ1n) is 7.81. The van der Waals surface area contributed by atoms with E-state index in [1.54, 1.807) is 6.26 Å². The number of carbonyl (C=O) groups is 1. The summed E-state index contributed by atoms with van der Waals surface area (Å²) >= 11 is 0. The Bertz CT molecular complexity index is 773. The fraction of sp³-hybridized carbons (Fsp3) is 0.150. The molecule has 0 unspecified atom stereocenters. The highest BCUT2D eigenvalue weighted by Gasteiger charge is 2.16. The van der Waals surface area contributed by atoms with Gasteiger partial charge < -0.3 is 9.73 Å². The second-order valence-corrected chi connectivity index (χ2v) is 5.43. The van der Waals surface area contributed by atoms with Gasteiger partial charge in [-0.2, -0.15) is 0 Å². The van der Waals surface area contributed by atoms with Crippen LogP contribution in [-0.2, 0) is 6.42 Å². The molecule has 3 rings (SSSR count). The lowest BCUT2D eigenvalue weighted by Gasteiger charge is -2.06. The van der Waals surface area contributed by atoms with Crippen molar-refractivity contribution in [3.8, 4) is 11.1 Å². The highest BCUT2D eigenvalue weighted by atomic mass is 16.3. The Hall–Kier alpha value is -2.81. The minimum absolute atomic E-state index is 0.239. The fourth-order valence-electron chi connectivity index (χ4n) is 2.56. The Morgan fingerprint density at radius 3 is 2.43 bits per heavy atom. The number of benzene rings is 2. The molecule has 1 amide bonds. The summed E-state index contributed by atoms with van der Waals surface area (Å²) in [6.07, 6.45) is 3.70. The predicted octanol–water partition coefficient (Wildman–Crippen LogP) is 5.15. The highest BCUT2D eigenvalue weighted by molar-refractivity contribution is 6.06. The van der Waals surface area contributed by atoms with Gasteiger partial charge in [0, 0.05) is 11.3 Å². The molecule has 0 aliphatic heterocycles. The summed E-state index contributed by atoms with van der Waals surface area (Å²) in [5.74, 6) is 0.0888. The molecule has 1 aromatic heterocycles. The molecule has 23 heavy (non-hydrogen) atoms. The Balaban J connectivity index is 1.78. The third kappa shape index (κ3) is 3.51. The third-order valence-corrected chi connectivity index (χ3v) is 3.71. The summed E-state index contributed by atoms with van der Waals surface area (Å²) in [5, 5.41) is 2.89. The molecule has 3 aromatic rings. The zero-order chi connectivity index (χ0) is 16.1. The predicted molar refractivity (Wildman–Crippen MR) is 92.5 cm³/mol. The number of hydrogen-bond donors (Lipinski definition) is 1. The van der Waals surface area contributed by atoms with E-state index >= 15 is 0 Å². The lowest BCUT2D eigenvalue weighted by atomic mass is 10.1. The standard InChI is InChI=1S/C20H19NO2/c1-2-6-15-9-11-17(12-10-15)21-20(22)19-18(13-14-23-19)16-7-4-3-5-8-16/h3-5,7-14H,2,6H2,1H3,(H,21,22). The molecule has 0 radical (unpaired) electrons. The van der Waals surface area contributed by atoms with E-state index in [0.717, 1.165) is 29.7 Å². The molecule has 0 aliphatic rings. The van der Waals surface area contributed by atoms with Gasteiger partial charge in [-0.15, -0.1) is 0 Å². The molecule has 0 fully saturated rings. The summed E-state index contributed by atoms with van der Waals surface area (Å²) < 4.78 is 5.40. The summed E-state index contributed by atoms with van der Waals surface area (Å²) in [5.41, 5.74) is 3.80. The second kappa shape index (κ2) is 6.97. The Morgan fingerprint density at radius 2 is 1.74 bits per heavy atom. The van der Waals surface area contributed by atoms with E-state index in [-0.39, 0.29) is 5.91 Å². The van der Waals surface area contributed by atoms with Gasteiger partial charge >= 0.3 is 0 Å². The summed E-state index contributed by atoms with van der Waals surface area (Å²) in [6, 6.07) is 19.5. The number of furan rings is 1. The topological polar surface area (TPSA) is 42.2 Å². The number of anilines is 1. The van der Waals surface area contributed by atoms with Crippen LogP contribution >= 0.6 is 0 Å². The van der Waals surface area contributed by atoms with Crippen molar-refractivity contribution in [3.63, 3.8) is 0 Å². The van der Waals surface area contributed by atoms with Gasteiger partial charge in [0.1, 0.15) is 0 Å². The number of amides is 1. The first kappa shape index (κ1) is 15.1.